The predicted molar refractivity (Wildman–Crippen MR) is 126 cm³/mol. The van der Waals surface area contributed by atoms with E-state index in [9.17, 15) is 23.1 Å². The van der Waals surface area contributed by atoms with Crippen LogP contribution in [0.3, 0.4) is 0 Å². The maximum Gasteiger partial charge on any atom is 0.416 e. The van der Waals surface area contributed by atoms with Crippen LogP contribution < -0.4 is 9.64 Å². The first-order valence-electron chi connectivity index (χ1n) is 11.8. The summed E-state index contributed by atoms with van der Waals surface area (Å²) in [6, 6.07) is 12.3. The quantitative estimate of drug-likeness (QED) is 0.351. The number of hydrogen-bond acceptors (Lipinski definition) is 6. The summed E-state index contributed by atoms with van der Waals surface area (Å²) in [6.45, 7) is 3.85. The number of ether oxygens (including phenoxy) is 1. The summed E-state index contributed by atoms with van der Waals surface area (Å²) in [5.74, 6) is 0.702. The van der Waals surface area contributed by atoms with Gasteiger partial charge in [0.15, 0.2) is 5.60 Å². The number of carboxylic acids is 1. The number of hydrogen-bond donors (Lipinski definition) is 1. The first-order valence-corrected chi connectivity index (χ1v) is 11.8. The second-order valence-electron chi connectivity index (χ2n) is 9.49. The van der Waals surface area contributed by atoms with Crippen molar-refractivity contribution < 1.29 is 32.3 Å². The van der Waals surface area contributed by atoms with Crippen molar-refractivity contribution >= 4 is 11.9 Å². The van der Waals surface area contributed by atoms with Gasteiger partial charge in [0.2, 0.25) is 5.89 Å². The SMILES string of the molecule is CC(C)(Oc1cccc(CCCN(Cc2ccc(C(F)(F)F)cc2)c2noc(C3CC3)n2)c1)C(=O)O. The van der Waals surface area contributed by atoms with Crippen molar-refractivity contribution in [2.24, 2.45) is 0 Å². The fourth-order valence-corrected chi connectivity index (χ4v) is 3.70. The summed E-state index contributed by atoms with van der Waals surface area (Å²) in [6.07, 6.45) is -1.00. The molecule has 1 aromatic heterocycles. The van der Waals surface area contributed by atoms with E-state index in [2.05, 4.69) is 10.1 Å². The highest BCUT2D eigenvalue weighted by atomic mass is 19.4. The molecule has 1 aliphatic rings. The molecule has 3 aromatic rings. The Morgan fingerprint density at radius 2 is 1.86 bits per heavy atom. The van der Waals surface area contributed by atoms with Gasteiger partial charge in [-0.3, -0.25) is 0 Å². The van der Waals surface area contributed by atoms with Crippen LogP contribution in [-0.4, -0.2) is 33.4 Å². The lowest BCUT2D eigenvalue weighted by atomic mass is 10.1. The van der Waals surface area contributed by atoms with Gasteiger partial charge in [0.25, 0.3) is 5.95 Å². The third kappa shape index (κ3) is 6.56. The van der Waals surface area contributed by atoms with E-state index in [1.54, 1.807) is 6.07 Å². The molecule has 1 aliphatic carbocycles. The van der Waals surface area contributed by atoms with Crippen LogP contribution in [0.1, 0.15) is 61.6 Å². The van der Waals surface area contributed by atoms with Gasteiger partial charge < -0.3 is 19.3 Å². The van der Waals surface area contributed by atoms with E-state index in [-0.39, 0.29) is 5.92 Å². The summed E-state index contributed by atoms with van der Waals surface area (Å²) < 4.78 is 49.8. The van der Waals surface area contributed by atoms with Crippen LogP contribution >= 0.6 is 0 Å². The molecular weight excluding hydrogens is 475 g/mol. The van der Waals surface area contributed by atoms with E-state index in [4.69, 9.17) is 9.26 Å². The first kappa shape index (κ1) is 25.5. The summed E-state index contributed by atoms with van der Waals surface area (Å²) in [5.41, 5.74) is -0.377. The number of halogens is 3. The van der Waals surface area contributed by atoms with E-state index in [0.717, 1.165) is 30.5 Å². The minimum Gasteiger partial charge on any atom is -0.478 e. The van der Waals surface area contributed by atoms with Gasteiger partial charge in [0.05, 0.1) is 5.56 Å². The molecule has 0 radical (unpaired) electrons. The van der Waals surface area contributed by atoms with E-state index in [1.807, 2.05) is 23.1 Å². The third-order valence-electron chi connectivity index (χ3n) is 5.98. The second kappa shape index (κ2) is 10.2. The molecule has 0 saturated heterocycles. The van der Waals surface area contributed by atoms with Crippen LogP contribution in [0, 0.1) is 0 Å². The predicted octanol–water partition coefficient (Wildman–Crippen LogP) is 5.85. The molecule has 2 aromatic carbocycles. The van der Waals surface area contributed by atoms with Crippen molar-refractivity contribution in [1.29, 1.82) is 0 Å². The van der Waals surface area contributed by atoms with Crippen LogP contribution in [0.4, 0.5) is 19.1 Å². The van der Waals surface area contributed by atoms with Gasteiger partial charge in [-0.1, -0.05) is 24.3 Å². The molecule has 0 bridgehead atoms. The first-order chi connectivity index (χ1) is 17.0. The van der Waals surface area contributed by atoms with Gasteiger partial charge in [-0.25, -0.2) is 4.79 Å². The lowest BCUT2D eigenvalue weighted by Gasteiger charge is -2.22. The zero-order valence-electron chi connectivity index (χ0n) is 20.1. The van der Waals surface area contributed by atoms with Gasteiger partial charge in [-0.05, 0) is 80.1 Å². The zero-order valence-corrected chi connectivity index (χ0v) is 20.1. The summed E-state index contributed by atoms with van der Waals surface area (Å²) in [4.78, 5) is 17.8. The number of rotatable bonds is 11. The van der Waals surface area contributed by atoms with Crippen LogP contribution in [0.15, 0.2) is 53.1 Å². The molecule has 0 atom stereocenters. The fourth-order valence-electron chi connectivity index (χ4n) is 3.70. The van der Waals surface area contributed by atoms with Crippen molar-refractivity contribution in [3.63, 3.8) is 0 Å². The Morgan fingerprint density at radius 3 is 2.50 bits per heavy atom. The van der Waals surface area contributed by atoms with Crippen molar-refractivity contribution in [3.8, 4) is 5.75 Å². The van der Waals surface area contributed by atoms with Crippen molar-refractivity contribution in [2.45, 2.75) is 63.8 Å². The number of carboxylic acid groups (broad SMARTS) is 1. The Hall–Kier alpha value is -3.56. The molecule has 1 saturated carbocycles. The number of alkyl halides is 3. The molecule has 192 valence electrons. The highest BCUT2D eigenvalue weighted by molar-refractivity contribution is 5.76. The molecule has 0 aliphatic heterocycles. The van der Waals surface area contributed by atoms with Gasteiger partial charge in [-0.2, -0.15) is 18.2 Å². The monoisotopic (exact) mass is 503 g/mol. The lowest BCUT2D eigenvalue weighted by molar-refractivity contribution is -0.152. The van der Waals surface area contributed by atoms with Gasteiger partial charge in [0, 0.05) is 19.0 Å². The molecular formula is C26H28F3N3O4. The standard InChI is InChI=1S/C26H28F3N3O4/c1-25(2,23(33)34)35-21-7-3-5-17(15-21)6-4-14-32(24-30-22(36-31-24)19-10-11-19)16-18-8-12-20(13-9-18)26(27,28)29/h3,5,7-9,12-13,15,19H,4,6,10-11,14,16H2,1-2H3,(H,33,34). The number of aromatic nitrogens is 2. The number of aryl methyl sites for hydroxylation is 1. The number of nitrogens with zero attached hydrogens (tertiary/aromatic N) is 3. The zero-order chi connectivity index (χ0) is 25.9. The van der Waals surface area contributed by atoms with Crippen LogP contribution in [0.2, 0.25) is 0 Å². The molecule has 1 fully saturated rings. The molecule has 7 nitrogen and oxygen atoms in total. The van der Waals surface area contributed by atoms with Gasteiger partial charge in [0.1, 0.15) is 5.75 Å². The highest BCUT2D eigenvalue weighted by Gasteiger charge is 2.32. The Kier molecular flexibility index (Phi) is 7.23. The maximum atomic E-state index is 12.9. The Labute approximate surface area is 206 Å². The van der Waals surface area contributed by atoms with Gasteiger partial charge in [-0.15, -0.1) is 0 Å². The number of anilines is 1. The lowest BCUT2D eigenvalue weighted by Crippen LogP contribution is -2.37. The van der Waals surface area contributed by atoms with Crippen molar-refractivity contribution in [3.05, 3.63) is 71.1 Å². The maximum absolute atomic E-state index is 12.9. The smallest absolute Gasteiger partial charge is 0.416 e. The van der Waals surface area contributed by atoms with Crippen molar-refractivity contribution in [1.82, 2.24) is 10.1 Å². The fraction of sp³-hybridized carbons (Fsp3) is 0.423. The molecule has 0 unspecified atom stereocenters. The minimum atomic E-state index is -4.39. The normalized spacial score (nSPS) is 14.0. The molecule has 10 heteroatoms. The molecule has 4 rings (SSSR count). The second-order valence-corrected chi connectivity index (χ2v) is 9.49. The Bertz CT molecular complexity index is 1190. The third-order valence-corrected chi connectivity index (χ3v) is 5.98. The van der Waals surface area contributed by atoms with Crippen LogP contribution in [0.5, 0.6) is 5.75 Å². The summed E-state index contributed by atoms with van der Waals surface area (Å²) in [5, 5.41) is 13.4. The molecule has 1 heterocycles. The molecule has 0 amide bonds. The number of benzene rings is 2. The van der Waals surface area contributed by atoms with Crippen LogP contribution in [-0.2, 0) is 23.9 Å². The minimum absolute atomic E-state index is 0.289. The average molecular weight is 504 g/mol. The number of aliphatic carboxylic acids is 1. The summed E-state index contributed by atoms with van der Waals surface area (Å²) in [7, 11) is 0. The topological polar surface area (TPSA) is 88.7 Å². The molecule has 1 N–H and O–H groups in total. The van der Waals surface area contributed by atoms with Gasteiger partial charge >= 0.3 is 12.1 Å². The van der Waals surface area contributed by atoms with E-state index < -0.39 is 23.3 Å². The van der Waals surface area contributed by atoms with Crippen LogP contribution in [0.25, 0.3) is 0 Å². The largest absolute Gasteiger partial charge is 0.478 e. The highest BCUT2D eigenvalue weighted by Crippen LogP contribution is 2.39. The van der Waals surface area contributed by atoms with E-state index in [0.29, 0.717) is 49.1 Å². The van der Waals surface area contributed by atoms with E-state index >= 15 is 0 Å². The van der Waals surface area contributed by atoms with Crippen molar-refractivity contribution in [2.75, 3.05) is 11.4 Å². The Morgan fingerprint density at radius 1 is 1.14 bits per heavy atom. The summed E-state index contributed by atoms with van der Waals surface area (Å²) >= 11 is 0. The Balaban J connectivity index is 1.43. The average Bonchev–Trinajstić information content (AvgIpc) is 3.54. The molecule has 36 heavy (non-hydrogen) atoms. The molecule has 0 spiro atoms. The number of carbonyl (C=O) groups is 1. The van der Waals surface area contributed by atoms with E-state index in [1.165, 1.54) is 26.0 Å².